The number of aromatic nitrogens is 1. The predicted molar refractivity (Wildman–Crippen MR) is 91.4 cm³/mol. The molecule has 5 heteroatoms. The molecule has 0 bridgehead atoms. The van der Waals surface area contributed by atoms with Crippen molar-refractivity contribution in [3.63, 3.8) is 0 Å². The van der Waals surface area contributed by atoms with E-state index in [1.807, 2.05) is 36.4 Å². The lowest BCUT2D eigenvalue weighted by Crippen LogP contribution is -2.01. The monoisotopic (exact) mass is 324 g/mol. The zero-order valence-electron chi connectivity index (χ0n) is 13.2. The Balaban J connectivity index is 1.79. The van der Waals surface area contributed by atoms with E-state index in [1.165, 1.54) is 13.2 Å². The maximum Gasteiger partial charge on any atom is 0.166 e. The molecule has 2 aromatic carbocycles. The molecule has 4 nitrogen and oxygen atoms in total. The van der Waals surface area contributed by atoms with Gasteiger partial charge in [0.15, 0.2) is 23.1 Å². The third kappa shape index (κ3) is 3.46. The van der Waals surface area contributed by atoms with Crippen molar-refractivity contribution in [1.82, 2.24) is 4.98 Å². The van der Waals surface area contributed by atoms with Crippen molar-refractivity contribution in [2.75, 3.05) is 12.8 Å². The van der Waals surface area contributed by atoms with Crippen LogP contribution in [0.2, 0.25) is 0 Å². The number of hydrogen-bond acceptors (Lipinski definition) is 4. The summed E-state index contributed by atoms with van der Waals surface area (Å²) in [5, 5.41) is 0. The second kappa shape index (κ2) is 7.00. The van der Waals surface area contributed by atoms with E-state index in [-0.39, 0.29) is 12.4 Å². The molecule has 122 valence electrons. The first-order valence-electron chi connectivity index (χ1n) is 7.43. The summed E-state index contributed by atoms with van der Waals surface area (Å²) in [5.41, 5.74) is 8.48. The van der Waals surface area contributed by atoms with Crippen molar-refractivity contribution in [1.29, 1.82) is 0 Å². The highest BCUT2D eigenvalue weighted by Gasteiger charge is 2.08. The Labute approximate surface area is 139 Å². The fraction of sp³-hybridized carbons (Fsp3) is 0.105. The quantitative estimate of drug-likeness (QED) is 0.769. The number of nitrogen functional groups attached to an aromatic ring is 1. The molecule has 2 N–H and O–H groups in total. The fourth-order valence-electron chi connectivity index (χ4n) is 2.32. The average molecular weight is 324 g/mol. The number of methoxy groups -OCH3 is 1. The number of nitrogens with two attached hydrogens (primary N) is 1. The molecule has 0 amide bonds. The lowest BCUT2D eigenvalue weighted by Gasteiger charge is -2.11. The van der Waals surface area contributed by atoms with Crippen molar-refractivity contribution in [3.8, 4) is 22.6 Å². The number of benzene rings is 2. The Kier molecular flexibility index (Phi) is 4.61. The van der Waals surface area contributed by atoms with Gasteiger partial charge in [-0.25, -0.2) is 9.37 Å². The summed E-state index contributed by atoms with van der Waals surface area (Å²) in [6, 6.07) is 16.3. The molecular formula is C19H17FN2O2. The van der Waals surface area contributed by atoms with Gasteiger partial charge in [-0.3, -0.25) is 0 Å². The third-order valence-electron chi connectivity index (χ3n) is 3.60. The predicted octanol–water partition coefficient (Wildman–Crippen LogP) is 4.06. The van der Waals surface area contributed by atoms with Crippen LogP contribution in [0.5, 0.6) is 11.5 Å². The number of hydrogen-bond donors (Lipinski definition) is 1. The zero-order valence-corrected chi connectivity index (χ0v) is 13.2. The van der Waals surface area contributed by atoms with Crippen LogP contribution in [0.1, 0.15) is 5.56 Å². The van der Waals surface area contributed by atoms with E-state index in [9.17, 15) is 4.39 Å². The van der Waals surface area contributed by atoms with Gasteiger partial charge in [-0.1, -0.05) is 36.4 Å². The highest BCUT2D eigenvalue weighted by molar-refractivity contribution is 5.66. The fourth-order valence-corrected chi connectivity index (χ4v) is 2.32. The van der Waals surface area contributed by atoms with Crippen LogP contribution in [-0.4, -0.2) is 12.1 Å². The molecule has 3 aromatic rings. The van der Waals surface area contributed by atoms with Crippen LogP contribution in [0.3, 0.4) is 0 Å². The minimum Gasteiger partial charge on any atom is -0.494 e. The first-order chi connectivity index (χ1) is 11.7. The number of pyridine rings is 1. The summed E-state index contributed by atoms with van der Waals surface area (Å²) in [5.74, 6) is 0.532. The summed E-state index contributed by atoms with van der Waals surface area (Å²) in [6.45, 7) is 0.186. The first-order valence-corrected chi connectivity index (χ1v) is 7.43. The van der Waals surface area contributed by atoms with Gasteiger partial charge in [0.25, 0.3) is 0 Å². The summed E-state index contributed by atoms with van der Waals surface area (Å²) in [4.78, 5) is 4.17. The molecule has 0 atom stereocenters. The number of anilines is 1. The minimum atomic E-state index is -0.428. The second-order valence-electron chi connectivity index (χ2n) is 5.23. The molecule has 0 radical (unpaired) electrons. The van der Waals surface area contributed by atoms with Gasteiger partial charge in [0.2, 0.25) is 0 Å². The average Bonchev–Trinajstić information content (AvgIpc) is 2.62. The first kappa shape index (κ1) is 15.8. The van der Waals surface area contributed by atoms with Gasteiger partial charge in [0, 0.05) is 11.8 Å². The van der Waals surface area contributed by atoms with Gasteiger partial charge >= 0.3 is 0 Å². The third-order valence-corrected chi connectivity index (χ3v) is 3.60. The van der Waals surface area contributed by atoms with Gasteiger partial charge in [-0.2, -0.15) is 0 Å². The molecule has 1 heterocycles. The smallest absolute Gasteiger partial charge is 0.166 e. The maximum absolute atomic E-state index is 13.7. The molecule has 0 aliphatic carbocycles. The van der Waals surface area contributed by atoms with E-state index < -0.39 is 5.82 Å². The zero-order chi connectivity index (χ0) is 16.9. The summed E-state index contributed by atoms with van der Waals surface area (Å²) >= 11 is 0. The number of ether oxygens (including phenoxy) is 2. The van der Waals surface area contributed by atoms with Gasteiger partial charge in [0.1, 0.15) is 6.61 Å². The SMILES string of the molecule is COc1ccc(COc2cc(-c3ccccc3)cnc2N)cc1F. The normalized spacial score (nSPS) is 10.4. The molecule has 0 aliphatic heterocycles. The summed E-state index contributed by atoms with van der Waals surface area (Å²) in [6.07, 6.45) is 1.70. The topological polar surface area (TPSA) is 57.4 Å². The van der Waals surface area contributed by atoms with Crippen LogP contribution in [0, 0.1) is 5.82 Å². The molecule has 0 spiro atoms. The van der Waals surface area contributed by atoms with Crippen molar-refractivity contribution in [2.45, 2.75) is 6.61 Å². The second-order valence-corrected chi connectivity index (χ2v) is 5.23. The van der Waals surface area contributed by atoms with E-state index in [0.29, 0.717) is 17.1 Å². The standard InChI is InChI=1S/C19H17FN2O2/c1-23-17-8-7-13(9-16(17)20)12-24-18-10-15(11-22-19(18)21)14-5-3-2-4-6-14/h2-11H,12H2,1H3,(H2,21,22). The number of halogens is 1. The molecule has 1 aromatic heterocycles. The number of rotatable bonds is 5. The van der Waals surface area contributed by atoms with E-state index in [4.69, 9.17) is 15.2 Å². The Hall–Kier alpha value is -3.08. The van der Waals surface area contributed by atoms with Gasteiger partial charge in [0.05, 0.1) is 7.11 Å². The molecule has 24 heavy (non-hydrogen) atoms. The highest BCUT2D eigenvalue weighted by Crippen LogP contribution is 2.28. The van der Waals surface area contributed by atoms with Gasteiger partial charge in [-0.05, 0) is 29.3 Å². The van der Waals surface area contributed by atoms with Crippen LogP contribution in [0.4, 0.5) is 10.2 Å². The van der Waals surface area contributed by atoms with Crippen LogP contribution in [0.25, 0.3) is 11.1 Å². The minimum absolute atomic E-state index is 0.186. The molecular weight excluding hydrogens is 307 g/mol. The molecule has 0 fully saturated rings. The summed E-state index contributed by atoms with van der Waals surface area (Å²) < 4.78 is 24.3. The Bertz CT molecular complexity index is 838. The van der Waals surface area contributed by atoms with Crippen LogP contribution < -0.4 is 15.2 Å². The maximum atomic E-state index is 13.7. The van der Waals surface area contributed by atoms with Crippen molar-refractivity contribution in [2.24, 2.45) is 0 Å². The van der Waals surface area contributed by atoms with E-state index in [1.54, 1.807) is 18.3 Å². The van der Waals surface area contributed by atoms with E-state index >= 15 is 0 Å². The van der Waals surface area contributed by atoms with Crippen LogP contribution in [-0.2, 0) is 6.61 Å². The molecule has 3 rings (SSSR count). The van der Waals surface area contributed by atoms with Crippen molar-refractivity contribution in [3.05, 3.63) is 72.2 Å². The number of nitrogens with zero attached hydrogens (tertiary/aromatic N) is 1. The van der Waals surface area contributed by atoms with Crippen molar-refractivity contribution >= 4 is 5.82 Å². The molecule has 0 saturated heterocycles. The van der Waals surface area contributed by atoms with E-state index in [2.05, 4.69) is 4.98 Å². The van der Waals surface area contributed by atoms with Gasteiger partial charge in [-0.15, -0.1) is 0 Å². The Morgan fingerprint density at radius 1 is 1.00 bits per heavy atom. The molecule has 0 aliphatic rings. The van der Waals surface area contributed by atoms with Crippen LogP contribution in [0.15, 0.2) is 60.8 Å². The molecule has 0 saturated carbocycles. The van der Waals surface area contributed by atoms with Gasteiger partial charge < -0.3 is 15.2 Å². The largest absolute Gasteiger partial charge is 0.494 e. The molecule has 0 unspecified atom stereocenters. The summed E-state index contributed by atoms with van der Waals surface area (Å²) in [7, 11) is 1.43. The Morgan fingerprint density at radius 3 is 2.50 bits per heavy atom. The van der Waals surface area contributed by atoms with E-state index in [0.717, 1.165) is 11.1 Å². The van der Waals surface area contributed by atoms with Crippen LogP contribution >= 0.6 is 0 Å². The Morgan fingerprint density at radius 2 is 1.79 bits per heavy atom. The van der Waals surface area contributed by atoms with Crippen molar-refractivity contribution < 1.29 is 13.9 Å². The lowest BCUT2D eigenvalue weighted by atomic mass is 10.1. The lowest BCUT2D eigenvalue weighted by molar-refractivity contribution is 0.305. The highest BCUT2D eigenvalue weighted by atomic mass is 19.1.